The van der Waals surface area contributed by atoms with Crippen LogP contribution in [0.1, 0.15) is 25.1 Å². The highest BCUT2D eigenvalue weighted by molar-refractivity contribution is 7.99. The maximum absolute atomic E-state index is 13.4. The van der Waals surface area contributed by atoms with E-state index in [-0.39, 0.29) is 36.2 Å². The molecule has 2 fully saturated rings. The van der Waals surface area contributed by atoms with Crippen LogP contribution in [0.3, 0.4) is 0 Å². The second-order valence-electron chi connectivity index (χ2n) is 7.21. The highest BCUT2D eigenvalue weighted by Gasteiger charge is 2.27. The van der Waals surface area contributed by atoms with Gasteiger partial charge < -0.3 is 10.2 Å². The van der Waals surface area contributed by atoms with Crippen molar-refractivity contribution in [2.24, 2.45) is 0 Å². The van der Waals surface area contributed by atoms with Crippen molar-refractivity contribution >= 4 is 29.6 Å². The lowest BCUT2D eigenvalue weighted by Crippen LogP contribution is -2.53. The Kier molecular flexibility index (Phi) is 5.98. The molecule has 0 aliphatic carbocycles. The van der Waals surface area contributed by atoms with Crippen molar-refractivity contribution in [2.45, 2.75) is 36.9 Å². The molecule has 158 valence electrons. The molecule has 1 aromatic carbocycles. The second-order valence-corrected chi connectivity index (χ2v) is 8.16. The minimum absolute atomic E-state index is 0.0453. The summed E-state index contributed by atoms with van der Waals surface area (Å²) >= 11 is 1.26. The Morgan fingerprint density at radius 3 is 2.60 bits per heavy atom. The Hall–Kier alpha value is -2.95. The Balaban J connectivity index is 1.56. The van der Waals surface area contributed by atoms with Crippen molar-refractivity contribution in [3.05, 3.63) is 35.9 Å². The van der Waals surface area contributed by atoms with Crippen molar-refractivity contribution in [1.82, 2.24) is 30.3 Å². The third kappa shape index (κ3) is 4.61. The van der Waals surface area contributed by atoms with Gasteiger partial charge in [0.25, 0.3) is 0 Å². The van der Waals surface area contributed by atoms with Crippen molar-refractivity contribution in [1.29, 1.82) is 0 Å². The average molecular weight is 432 g/mol. The van der Waals surface area contributed by atoms with Gasteiger partial charge in [-0.15, -0.1) is 10.2 Å². The molecule has 2 aromatic rings. The third-order valence-corrected chi connectivity index (χ3v) is 5.93. The van der Waals surface area contributed by atoms with Gasteiger partial charge in [0.1, 0.15) is 11.6 Å². The predicted octanol–water partition coefficient (Wildman–Crippen LogP) is 1.26. The molecular weight excluding hydrogens is 411 g/mol. The molecule has 2 aliphatic heterocycles. The van der Waals surface area contributed by atoms with Crippen molar-refractivity contribution < 1.29 is 18.8 Å². The second kappa shape index (κ2) is 8.82. The van der Waals surface area contributed by atoms with Crippen LogP contribution in [0.25, 0.3) is 5.69 Å². The SMILES string of the molecule is O=C1CC(Cc2nnc(SCC(=O)N3CCCC3)n2-c2ccc(F)cc2)NC(=O)N1. The first-order valence-corrected chi connectivity index (χ1v) is 10.7. The van der Waals surface area contributed by atoms with Crippen LogP contribution in [-0.2, 0) is 16.0 Å². The quantitative estimate of drug-likeness (QED) is 0.666. The van der Waals surface area contributed by atoms with Crippen LogP contribution in [0.5, 0.6) is 0 Å². The zero-order valence-corrected chi connectivity index (χ0v) is 17.0. The summed E-state index contributed by atoms with van der Waals surface area (Å²) in [5.74, 6) is 0.0501. The first-order valence-electron chi connectivity index (χ1n) is 9.71. The lowest BCUT2D eigenvalue weighted by molar-refractivity contribution is -0.127. The molecule has 1 unspecified atom stereocenters. The van der Waals surface area contributed by atoms with E-state index in [0.717, 1.165) is 25.9 Å². The summed E-state index contributed by atoms with van der Waals surface area (Å²) in [5.41, 5.74) is 0.638. The number of benzene rings is 1. The van der Waals surface area contributed by atoms with E-state index in [0.29, 0.717) is 16.7 Å². The fourth-order valence-electron chi connectivity index (χ4n) is 3.58. The van der Waals surface area contributed by atoms with Crippen molar-refractivity contribution in [3.63, 3.8) is 0 Å². The van der Waals surface area contributed by atoms with Gasteiger partial charge in [-0.05, 0) is 37.1 Å². The summed E-state index contributed by atoms with van der Waals surface area (Å²) in [4.78, 5) is 37.5. The molecule has 1 atom stereocenters. The summed E-state index contributed by atoms with van der Waals surface area (Å²) < 4.78 is 15.2. The maximum Gasteiger partial charge on any atom is 0.321 e. The smallest absolute Gasteiger partial charge is 0.321 e. The fraction of sp³-hybridized carbons (Fsp3) is 0.421. The highest BCUT2D eigenvalue weighted by Crippen LogP contribution is 2.24. The molecule has 0 bridgehead atoms. The number of rotatable bonds is 6. The lowest BCUT2D eigenvalue weighted by atomic mass is 10.1. The van der Waals surface area contributed by atoms with Crippen molar-refractivity contribution in [3.8, 4) is 5.69 Å². The van der Waals surface area contributed by atoms with Crippen LogP contribution in [0.2, 0.25) is 0 Å². The molecule has 11 heteroatoms. The zero-order chi connectivity index (χ0) is 21.1. The molecule has 30 heavy (non-hydrogen) atoms. The van der Waals surface area contributed by atoms with Gasteiger partial charge in [0.05, 0.1) is 5.75 Å². The molecule has 0 spiro atoms. The van der Waals surface area contributed by atoms with Gasteiger partial charge in [-0.2, -0.15) is 0 Å². The number of hydrogen-bond donors (Lipinski definition) is 2. The van der Waals surface area contributed by atoms with E-state index in [1.165, 1.54) is 23.9 Å². The first kappa shape index (κ1) is 20.3. The summed E-state index contributed by atoms with van der Waals surface area (Å²) in [6.07, 6.45) is 2.43. The molecule has 4 rings (SSSR count). The van der Waals surface area contributed by atoms with Crippen LogP contribution in [0, 0.1) is 5.82 Å². The molecule has 0 saturated carbocycles. The summed E-state index contributed by atoms with van der Waals surface area (Å²) in [6, 6.07) is 4.88. The number of amides is 4. The number of imide groups is 1. The first-order chi connectivity index (χ1) is 14.5. The summed E-state index contributed by atoms with van der Waals surface area (Å²) in [5, 5.41) is 13.8. The maximum atomic E-state index is 13.4. The number of nitrogens with zero attached hydrogens (tertiary/aromatic N) is 4. The Morgan fingerprint density at radius 2 is 1.90 bits per heavy atom. The van der Waals surface area contributed by atoms with E-state index in [9.17, 15) is 18.8 Å². The minimum atomic E-state index is -0.546. The van der Waals surface area contributed by atoms with E-state index >= 15 is 0 Å². The van der Waals surface area contributed by atoms with Crippen LogP contribution in [0.4, 0.5) is 9.18 Å². The van der Waals surface area contributed by atoms with Crippen LogP contribution >= 0.6 is 11.8 Å². The van der Waals surface area contributed by atoms with E-state index in [4.69, 9.17) is 0 Å². The minimum Gasteiger partial charge on any atom is -0.342 e. The molecule has 1 aromatic heterocycles. The van der Waals surface area contributed by atoms with Crippen LogP contribution in [0.15, 0.2) is 29.4 Å². The largest absolute Gasteiger partial charge is 0.342 e. The average Bonchev–Trinajstić information content (AvgIpc) is 3.36. The molecule has 4 amide bonds. The number of hydrogen-bond acceptors (Lipinski definition) is 6. The topological polar surface area (TPSA) is 109 Å². The number of aromatic nitrogens is 3. The molecule has 2 saturated heterocycles. The number of carbonyl (C=O) groups is 3. The number of nitrogens with one attached hydrogen (secondary N) is 2. The highest BCUT2D eigenvalue weighted by atomic mass is 32.2. The Bertz CT molecular complexity index is 942. The molecule has 0 radical (unpaired) electrons. The van der Waals surface area contributed by atoms with Gasteiger partial charge in [-0.3, -0.25) is 19.5 Å². The van der Waals surface area contributed by atoms with Gasteiger partial charge in [0, 0.05) is 37.7 Å². The molecule has 2 N–H and O–H groups in total. The predicted molar refractivity (Wildman–Crippen MR) is 107 cm³/mol. The number of carbonyl (C=O) groups excluding carboxylic acids is 3. The van der Waals surface area contributed by atoms with Gasteiger partial charge in [0.2, 0.25) is 11.8 Å². The van der Waals surface area contributed by atoms with Gasteiger partial charge >= 0.3 is 6.03 Å². The van der Waals surface area contributed by atoms with Gasteiger partial charge in [-0.1, -0.05) is 11.8 Å². The Morgan fingerprint density at radius 1 is 1.17 bits per heavy atom. The number of halogens is 1. The van der Waals surface area contributed by atoms with Crippen LogP contribution in [-0.4, -0.2) is 62.4 Å². The molecular formula is C19H21FN6O3S. The van der Waals surface area contributed by atoms with Gasteiger partial charge in [-0.25, -0.2) is 9.18 Å². The van der Waals surface area contributed by atoms with E-state index in [1.807, 2.05) is 4.90 Å². The summed E-state index contributed by atoms with van der Waals surface area (Å²) in [6.45, 7) is 1.55. The molecule has 2 aliphatic rings. The van der Waals surface area contributed by atoms with Gasteiger partial charge in [0.15, 0.2) is 5.16 Å². The number of thioether (sulfide) groups is 1. The number of likely N-dealkylation sites (tertiary alicyclic amines) is 1. The Labute approximate surface area is 176 Å². The molecule has 9 nitrogen and oxygen atoms in total. The normalized spacial score (nSPS) is 19.0. The lowest BCUT2D eigenvalue weighted by Gasteiger charge is -2.23. The van der Waals surface area contributed by atoms with Crippen molar-refractivity contribution in [2.75, 3.05) is 18.8 Å². The fourth-order valence-corrected chi connectivity index (χ4v) is 4.45. The van der Waals surface area contributed by atoms with E-state index in [1.54, 1.807) is 16.7 Å². The number of urea groups is 1. The monoisotopic (exact) mass is 432 g/mol. The standard InChI is InChI=1S/C19H21FN6O3S/c20-12-3-5-14(6-4-12)26-15(9-13-10-16(27)22-18(29)21-13)23-24-19(26)30-11-17(28)25-7-1-2-8-25/h3-6,13H,1-2,7-11H2,(H2,21,22,27,29). The van der Waals surface area contributed by atoms with E-state index < -0.39 is 12.1 Å². The van der Waals surface area contributed by atoms with E-state index in [2.05, 4.69) is 20.8 Å². The molecule has 3 heterocycles. The zero-order valence-electron chi connectivity index (χ0n) is 16.1. The third-order valence-electron chi connectivity index (χ3n) is 5.02. The van der Waals surface area contributed by atoms with Crippen LogP contribution < -0.4 is 10.6 Å². The summed E-state index contributed by atoms with van der Waals surface area (Å²) in [7, 11) is 0.